The highest BCUT2D eigenvalue weighted by Crippen LogP contribution is 2.28. The van der Waals surface area contributed by atoms with Gasteiger partial charge in [0.15, 0.2) is 0 Å². The number of carbonyl (C=O) groups excluding carboxylic acids is 1. The average molecular weight is 395 g/mol. The minimum absolute atomic E-state index is 0.108. The Kier molecular flexibility index (Phi) is 5.53. The molecule has 1 N–H and O–H groups in total. The van der Waals surface area contributed by atoms with Crippen LogP contribution in [0.15, 0.2) is 53.4 Å². The predicted octanol–water partition coefficient (Wildman–Crippen LogP) is 4.31. The SMILES string of the molecule is COc1ccc(Nc2nccc([C@@H]3CCCN(C(=O)c4ccsc4)C3)n2)cc1. The summed E-state index contributed by atoms with van der Waals surface area (Å²) in [5.74, 6) is 1.69. The highest BCUT2D eigenvalue weighted by Gasteiger charge is 2.26. The number of amides is 1. The highest BCUT2D eigenvalue weighted by atomic mass is 32.1. The van der Waals surface area contributed by atoms with Crippen molar-refractivity contribution in [1.82, 2.24) is 14.9 Å². The second-order valence-corrected chi connectivity index (χ2v) is 7.54. The van der Waals surface area contributed by atoms with Crippen molar-refractivity contribution in [3.63, 3.8) is 0 Å². The van der Waals surface area contributed by atoms with Crippen molar-refractivity contribution in [2.75, 3.05) is 25.5 Å². The number of piperidine rings is 1. The van der Waals surface area contributed by atoms with E-state index >= 15 is 0 Å². The molecule has 144 valence electrons. The molecule has 2 aromatic heterocycles. The topological polar surface area (TPSA) is 67.3 Å². The molecule has 1 amide bonds. The van der Waals surface area contributed by atoms with Crippen molar-refractivity contribution >= 4 is 28.9 Å². The molecule has 0 bridgehead atoms. The normalized spacial score (nSPS) is 16.6. The van der Waals surface area contributed by atoms with Gasteiger partial charge in [-0.1, -0.05) is 0 Å². The second kappa shape index (κ2) is 8.39. The number of rotatable bonds is 5. The minimum atomic E-state index is 0.108. The number of hydrogen-bond acceptors (Lipinski definition) is 6. The van der Waals surface area contributed by atoms with Gasteiger partial charge in [0.05, 0.1) is 18.4 Å². The summed E-state index contributed by atoms with van der Waals surface area (Å²) in [6.07, 6.45) is 3.77. The molecule has 3 aromatic rings. The first kappa shape index (κ1) is 18.4. The standard InChI is InChI=1S/C21H22N4O2S/c1-27-18-6-4-17(5-7-18)23-21-22-10-8-19(24-21)15-3-2-11-25(13-15)20(26)16-9-12-28-14-16/h4-10,12,14-15H,2-3,11,13H2,1H3,(H,22,23,24)/t15-/m1/s1. The molecule has 28 heavy (non-hydrogen) atoms. The zero-order valence-corrected chi connectivity index (χ0v) is 16.5. The molecule has 3 heterocycles. The van der Waals surface area contributed by atoms with Gasteiger partial charge in [0.2, 0.25) is 5.95 Å². The third-order valence-electron chi connectivity index (χ3n) is 4.92. The van der Waals surface area contributed by atoms with Crippen LogP contribution in [0.2, 0.25) is 0 Å². The summed E-state index contributed by atoms with van der Waals surface area (Å²) in [6, 6.07) is 11.5. The van der Waals surface area contributed by atoms with Crippen molar-refractivity contribution in [3.05, 3.63) is 64.6 Å². The molecule has 1 saturated heterocycles. The zero-order chi connectivity index (χ0) is 19.3. The molecule has 0 radical (unpaired) electrons. The van der Waals surface area contributed by atoms with Gasteiger partial charge in [-0.05, 0) is 54.6 Å². The van der Waals surface area contributed by atoms with Crippen molar-refractivity contribution in [2.45, 2.75) is 18.8 Å². The van der Waals surface area contributed by atoms with Crippen LogP contribution in [0.3, 0.4) is 0 Å². The number of nitrogens with zero attached hydrogens (tertiary/aromatic N) is 3. The van der Waals surface area contributed by atoms with Crippen LogP contribution in [0, 0.1) is 0 Å². The maximum Gasteiger partial charge on any atom is 0.254 e. The van der Waals surface area contributed by atoms with Crippen molar-refractivity contribution in [1.29, 1.82) is 0 Å². The predicted molar refractivity (Wildman–Crippen MR) is 111 cm³/mol. The van der Waals surface area contributed by atoms with Crippen LogP contribution in [-0.4, -0.2) is 41.0 Å². The number of ether oxygens (including phenoxy) is 1. The van der Waals surface area contributed by atoms with E-state index in [1.807, 2.05) is 52.1 Å². The third-order valence-corrected chi connectivity index (χ3v) is 5.60. The lowest BCUT2D eigenvalue weighted by Crippen LogP contribution is -2.39. The van der Waals surface area contributed by atoms with Gasteiger partial charge in [0, 0.05) is 36.3 Å². The van der Waals surface area contributed by atoms with Crippen molar-refractivity contribution < 1.29 is 9.53 Å². The lowest BCUT2D eigenvalue weighted by Gasteiger charge is -2.32. The Balaban J connectivity index is 1.46. The Morgan fingerprint density at radius 3 is 2.86 bits per heavy atom. The van der Waals surface area contributed by atoms with E-state index in [2.05, 4.69) is 10.3 Å². The van der Waals surface area contributed by atoms with Gasteiger partial charge in [-0.3, -0.25) is 4.79 Å². The summed E-state index contributed by atoms with van der Waals surface area (Å²) in [4.78, 5) is 23.7. The van der Waals surface area contributed by atoms with Crippen LogP contribution in [0.1, 0.15) is 34.8 Å². The Hall–Kier alpha value is -2.93. The van der Waals surface area contributed by atoms with Crippen LogP contribution >= 0.6 is 11.3 Å². The fourth-order valence-corrected chi connectivity index (χ4v) is 4.07. The molecule has 0 aliphatic carbocycles. The Bertz CT molecular complexity index is 928. The number of methoxy groups -OCH3 is 1. The molecule has 1 aliphatic rings. The fraction of sp³-hybridized carbons (Fsp3) is 0.286. The van der Waals surface area contributed by atoms with Gasteiger partial charge in [0.25, 0.3) is 5.91 Å². The smallest absolute Gasteiger partial charge is 0.254 e. The summed E-state index contributed by atoms with van der Waals surface area (Å²) in [7, 11) is 1.64. The van der Waals surface area contributed by atoms with Crippen molar-refractivity contribution in [3.8, 4) is 5.75 Å². The van der Waals surface area contributed by atoms with Crippen LogP contribution in [0.5, 0.6) is 5.75 Å². The Morgan fingerprint density at radius 1 is 1.25 bits per heavy atom. The maximum atomic E-state index is 12.7. The van der Waals surface area contributed by atoms with E-state index in [1.54, 1.807) is 24.6 Å². The lowest BCUT2D eigenvalue weighted by atomic mass is 9.94. The van der Waals surface area contributed by atoms with Gasteiger partial charge in [-0.2, -0.15) is 11.3 Å². The van der Waals surface area contributed by atoms with Gasteiger partial charge in [0.1, 0.15) is 5.75 Å². The van der Waals surface area contributed by atoms with E-state index < -0.39 is 0 Å². The van der Waals surface area contributed by atoms with Crippen molar-refractivity contribution in [2.24, 2.45) is 0 Å². The van der Waals surface area contributed by atoms with Crippen LogP contribution in [0.25, 0.3) is 0 Å². The van der Waals surface area contributed by atoms with Crippen LogP contribution in [-0.2, 0) is 0 Å². The third kappa shape index (κ3) is 4.14. The van der Waals surface area contributed by atoms with Crippen LogP contribution < -0.4 is 10.1 Å². The first-order valence-electron chi connectivity index (χ1n) is 9.28. The first-order chi connectivity index (χ1) is 13.7. The number of hydrogen-bond donors (Lipinski definition) is 1. The van der Waals surface area contributed by atoms with Gasteiger partial charge in [-0.15, -0.1) is 0 Å². The molecule has 0 spiro atoms. The minimum Gasteiger partial charge on any atom is -0.497 e. The number of carbonyl (C=O) groups is 1. The van der Waals surface area contributed by atoms with E-state index in [0.29, 0.717) is 12.5 Å². The zero-order valence-electron chi connectivity index (χ0n) is 15.7. The number of thiophene rings is 1. The molecular weight excluding hydrogens is 372 g/mol. The molecule has 1 fully saturated rings. The fourth-order valence-electron chi connectivity index (χ4n) is 3.44. The maximum absolute atomic E-state index is 12.7. The summed E-state index contributed by atoms with van der Waals surface area (Å²) in [6.45, 7) is 1.49. The van der Waals surface area contributed by atoms with E-state index in [0.717, 1.165) is 42.1 Å². The Morgan fingerprint density at radius 2 is 2.11 bits per heavy atom. The molecular formula is C21H22N4O2S. The number of likely N-dealkylation sites (tertiary alicyclic amines) is 1. The number of aromatic nitrogens is 2. The molecule has 0 saturated carbocycles. The van der Waals surface area contributed by atoms with E-state index in [9.17, 15) is 4.79 Å². The highest BCUT2D eigenvalue weighted by molar-refractivity contribution is 7.08. The van der Waals surface area contributed by atoms with Gasteiger partial charge in [-0.25, -0.2) is 9.97 Å². The molecule has 0 unspecified atom stereocenters. The van der Waals surface area contributed by atoms with Crippen LogP contribution in [0.4, 0.5) is 11.6 Å². The summed E-state index contributed by atoms with van der Waals surface area (Å²) >= 11 is 1.55. The van der Waals surface area contributed by atoms with E-state index in [1.165, 1.54) is 0 Å². The number of anilines is 2. The average Bonchev–Trinajstić information content (AvgIpc) is 3.29. The second-order valence-electron chi connectivity index (χ2n) is 6.76. The molecule has 1 atom stereocenters. The number of nitrogens with one attached hydrogen (secondary N) is 1. The lowest BCUT2D eigenvalue weighted by molar-refractivity contribution is 0.0706. The molecule has 4 rings (SSSR count). The van der Waals surface area contributed by atoms with Gasteiger partial charge < -0.3 is 15.0 Å². The monoisotopic (exact) mass is 394 g/mol. The molecule has 6 nitrogen and oxygen atoms in total. The van der Waals surface area contributed by atoms with E-state index in [-0.39, 0.29) is 11.8 Å². The molecule has 7 heteroatoms. The van der Waals surface area contributed by atoms with E-state index in [4.69, 9.17) is 9.72 Å². The Labute approximate surface area is 168 Å². The quantitative estimate of drug-likeness (QED) is 0.698. The summed E-state index contributed by atoms with van der Waals surface area (Å²) in [5.41, 5.74) is 2.64. The first-order valence-corrected chi connectivity index (χ1v) is 10.2. The molecule has 1 aromatic carbocycles. The largest absolute Gasteiger partial charge is 0.497 e. The number of benzene rings is 1. The summed E-state index contributed by atoms with van der Waals surface area (Å²) in [5, 5.41) is 7.09. The van der Waals surface area contributed by atoms with Gasteiger partial charge >= 0.3 is 0 Å². The molecule has 1 aliphatic heterocycles. The summed E-state index contributed by atoms with van der Waals surface area (Å²) < 4.78 is 5.18.